The molecule has 1 aromatic carbocycles. The Bertz CT molecular complexity index is 492. The van der Waals surface area contributed by atoms with E-state index in [0.29, 0.717) is 6.61 Å². The summed E-state index contributed by atoms with van der Waals surface area (Å²) in [6.45, 7) is 6.74. The average molecular weight is 340 g/mol. The second-order valence-corrected chi connectivity index (χ2v) is 7.21. The maximum absolute atomic E-state index is 5.71. The highest BCUT2D eigenvalue weighted by Gasteiger charge is 2.15. The number of nitrogens with one attached hydrogen (secondary N) is 2. The molecule has 0 aliphatic heterocycles. The molecule has 0 fully saturated rings. The summed E-state index contributed by atoms with van der Waals surface area (Å²) in [5.74, 6) is 2.46. The van der Waals surface area contributed by atoms with Crippen LogP contribution in [0.25, 0.3) is 0 Å². The fourth-order valence-electron chi connectivity index (χ4n) is 1.75. The lowest BCUT2D eigenvalue weighted by atomic mass is 10.2. The number of benzene rings is 1. The van der Waals surface area contributed by atoms with Crippen molar-refractivity contribution in [3.63, 3.8) is 0 Å². The molecule has 130 valence electrons. The van der Waals surface area contributed by atoms with Crippen molar-refractivity contribution in [2.75, 3.05) is 40.1 Å². The normalized spacial score (nSPS) is 12.0. The van der Waals surface area contributed by atoms with Crippen LogP contribution in [0.5, 0.6) is 11.5 Å². The summed E-state index contributed by atoms with van der Waals surface area (Å²) in [5, 5.41) is 6.64. The van der Waals surface area contributed by atoms with Crippen LogP contribution in [-0.2, 0) is 0 Å². The molecule has 0 radical (unpaired) electrons. The predicted octanol–water partition coefficient (Wildman–Crippen LogP) is 2.77. The van der Waals surface area contributed by atoms with E-state index in [1.54, 1.807) is 14.2 Å². The maximum Gasteiger partial charge on any atom is 0.191 e. The number of aliphatic imine (C=N–C) groups is 1. The summed E-state index contributed by atoms with van der Waals surface area (Å²) in [4.78, 5) is 4.23. The number of methoxy groups -OCH3 is 1. The summed E-state index contributed by atoms with van der Waals surface area (Å²) in [7, 11) is 3.44. The van der Waals surface area contributed by atoms with E-state index in [9.17, 15) is 0 Å². The molecule has 0 unspecified atom stereocenters. The van der Waals surface area contributed by atoms with Gasteiger partial charge in [0.2, 0.25) is 0 Å². The first-order chi connectivity index (χ1) is 11.0. The number of hydrogen-bond acceptors (Lipinski definition) is 4. The quantitative estimate of drug-likeness (QED) is 0.412. The van der Waals surface area contributed by atoms with Gasteiger partial charge >= 0.3 is 0 Å². The molecule has 1 rings (SSSR count). The Morgan fingerprint density at radius 1 is 1.26 bits per heavy atom. The third-order valence-electron chi connectivity index (χ3n) is 3.38. The minimum Gasteiger partial charge on any atom is -0.497 e. The van der Waals surface area contributed by atoms with Crippen molar-refractivity contribution in [3.05, 3.63) is 24.3 Å². The Balaban J connectivity index is 2.22. The molecular formula is C17H29N3O2S. The van der Waals surface area contributed by atoms with Gasteiger partial charge in [-0.1, -0.05) is 6.07 Å². The third kappa shape index (κ3) is 8.02. The van der Waals surface area contributed by atoms with Gasteiger partial charge < -0.3 is 20.1 Å². The Morgan fingerprint density at radius 3 is 2.65 bits per heavy atom. The zero-order valence-corrected chi connectivity index (χ0v) is 15.6. The smallest absolute Gasteiger partial charge is 0.191 e. The van der Waals surface area contributed by atoms with Crippen LogP contribution >= 0.6 is 11.8 Å². The molecule has 0 bridgehead atoms. The molecule has 0 aliphatic rings. The van der Waals surface area contributed by atoms with Crippen LogP contribution in [-0.4, -0.2) is 50.8 Å². The van der Waals surface area contributed by atoms with E-state index in [1.165, 1.54) is 0 Å². The second kappa shape index (κ2) is 10.3. The van der Waals surface area contributed by atoms with Crippen LogP contribution in [0.1, 0.15) is 20.3 Å². The summed E-state index contributed by atoms with van der Waals surface area (Å²) in [5.41, 5.74) is 0. The largest absolute Gasteiger partial charge is 0.497 e. The molecule has 0 atom stereocenters. The number of nitrogens with zero attached hydrogens (tertiary/aromatic N) is 1. The first-order valence-corrected chi connectivity index (χ1v) is 9.00. The summed E-state index contributed by atoms with van der Waals surface area (Å²) >= 11 is 1.84. The van der Waals surface area contributed by atoms with Crippen LogP contribution < -0.4 is 20.1 Å². The summed E-state index contributed by atoms with van der Waals surface area (Å²) in [6, 6.07) is 7.64. The molecule has 0 saturated heterocycles. The minimum atomic E-state index is 0.188. The molecule has 0 spiro atoms. The molecule has 5 nitrogen and oxygen atoms in total. The zero-order chi connectivity index (χ0) is 17.1. The highest BCUT2D eigenvalue weighted by Crippen LogP contribution is 2.19. The van der Waals surface area contributed by atoms with E-state index in [4.69, 9.17) is 9.47 Å². The molecule has 0 amide bonds. The van der Waals surface area contributed by atoms with Gasteiger partial charge in [0.1, 0.15) is 11.5 Å². The van der Waals surface area contributed by atoms with Crippen LogP contribution in [0, 0.1) is 0 Å². The Morgan fingerprint density at radius 2 is 2.00 bits per heavy atom. The van der Waals surface area contributed by atoms with Crippen LogP contribution in [0.2, 0.25) is 0 Å². The lowest BCUT2D eigenvalue weighted by Gasteiger charge is -2.23. The number of thioether (sulfide) groups is 1. The SMILES string of the molecule is CN=C(NCCCOc1cccc(OC)c1)NCC(C)(C)SC. The van der Waals surface area contributed by atoms with E-state index in [-0.39, 0.29) is 4.75 Å². The lowest BCUT2D eigenvalue weighted by Crippen LogP contribution is -2.43. The topological polar surface area (TPSA) is 54.9 Å². The monoisotopic (exact) mass is 339 g/mol. The third-order valence-corrected chi connectivity index (χ3v) is 4.63. The molecule has 23 heavy (non-hydrogen) atoms. The molecule has 1 aromatic rings. The number of hydrogen-bond donors (Lipinski definition) is 2. The van der Waals surface area contributed by atoms with Gasteiger partial charge in [-0.25, -0.2) is 0 Å². The van der Waals surface area contributed by atoms with Gasteiger partial charge in [-0.3, -0.25) is 4.99 Å². The van der Waals surface area contributed by atoms with E-state index in [0.717, 1.165) is 37.0 Å². The van der Waals surface area contributed by atoms with Crippen molar-refractivity contribution in [1.29, 1.82) is 0 Å². The number of ether oxygens (including phenoxy) is 2. The first-order valence-electron chi connectivity index (χ1n) is 7.77. The van der Waals surface area contributed by atoms with Crippen molar-refractivity contribution in [2.24, 2.45) is 4.99 Å². The van der Waals surface area contributed by atoms with Gasteiger partial charge in [-0.15, -0.1) is 0 Å². The predicted molar refractivity (Wildman–Crippen MR) is 100 cm³/mol. The minimum absolute atomic E-state index is 0.188. The van der Waals surface area contributed by atoms with Crippen molar-refractivity contribution in [2.45, 2.75) is 25.0 Å². The summed E-state index contributed by atoms with van der Waals surface area (Å²) in [6.07, 6.45) is 3.01. The Labute approximate surface area is 144 Å². The van der Waals surface area contributed by atoms with E-state index in [2.05, 4.69) is 35.7 Å². The first kappa shape index (κ1) is 19.5. The van der Waals surface area contributed by atoms with Gasteiger partial charge in [-0.2, -0.15) is 11.8 Å². The molecule has 0 aromatic heterocycles. The molecule has 0 aliphatic carbocycles. The lowest BCUT2D eigenvalue weighted by molar-refractivity contribution is 0.308. The number of guanidine groups is 1. The van der Waals surface area contributed by atoms with E-state index in [1.807, 2.05) is 36.0 Å². The molecule has 0 saturated carbocycles. The van der Waals surface area contributed by atoms with Gasteiger partial charge in [0.05, 0.1) is 13.7 Å². The van der Waals surface area contributed by atoms with Crippen molar-refractivity contribution >= 4 is 17.7 Å². The highest BCUT2D eigenvalue weighted by atomic mass is 32.2. The van der Waals surface area contributed by atoms with Gasteiger partial charge in [-0.05, 0) is 38.7 Å². The average Bonchev–Trinajstić information content (AvgIpc) is 2.57. The van der Waals surface area contributed by atoms with Crippen molar-refractivity contribution < 1.29 is 9.47 Å². The van der Waals surface area contributed by atoms with E-state index < -0.39 is 0 Å². The second-order valence-electron chi connectivity index (χ2n) is 5.70. The molecule has 6 heteroatoms. The van der Waals surface area contributed by atoms with Gasteiger partial charge in [0.15, 0.2) is 5.96 Å². The number of rotatable bonds is 9. The van der Waals surface area contributed by atoms with Crippen LogP contribution in [0.15, 0.2) is 29.3 Å². The fourth-order valence-corrected chi connectivity index (χ4v) is 1.97. The molecular weight excluding hydrogens is 310 g/mol. The van der Waals surface area contributed by atoms with Gasteiger partial charge in [0, 0.05) is 31.0 Å². The van der Waals surface area contributed by atoms with Gasteiger partial charge in [0.25, 0.3) is 0 Å². The standard InChI is InChI=1S/C17H29N3O2S/c1-17(2,23-5)13-20-16(18-3)19-10-7-11-22-15-9-6-8-14(12-15)21-4/h6,8-9,12H,7,10-11,13H2,1-5H3,(H2,18,19,20). The molecule has 2 N–H and O–H groups in total. The highest BCUT2D eigenvalue weighted by molar-refractivity contribution is 7.99. The van der Waals surface area contributed by atoms with Crippen LogP contribution in [0.3, 0.4) is 0 Å². The Kier molecular flexibility index (Phi) is 8.69. The maximum atomic E-state index is 5.71. The molecule has 0 heterocycles. The fraction of sp³-hybridized carbons (Fsp3) is 0.588. The zero-order valence-electron chi connectivity index (χ0n) is 14.8. The van der Waals surface area contributed by atoms with Crippen LogP contribution in [0.4, 0.5) is 0 Å². The summed E-state index contributed by atoms with van der Waals surface area (Å²) < 4.78 is 11.1. The van der Waals surface area contributed by atoms with Crippen molar-refractivity contribution in [1.82, 2.24) is 10.6 Å². The Hall–Kier alpha value is -1.56. The van der Waals surface area contributed by atoms with E-state index >= 15 is 0 Å². The van der Waals surface area contributed by atoms with Crippen molar-refractivity contribution in [3.8, 4) is 11.5 Å².